The number of hydrogen-bond acceptors (Lipinski definition) is 2. The van der Waals surface area contributed by atoms with Crippen LogP contribution in [0.15, 0.2) is 34.8 Å². The number of aromatic nitrogens is 2. The molecule has 0 aliphatic carbocycles. The molecule has 2 aromatic carbocycles. The van der Waals surface area contributed by atoms with Gasteiger partial charge in [0.05, 0.1) is 5.52 Å². The fourth-order valence-corrected chi connectivity index (χ4v) is 2.41. The van der Waals surface area contributed by atoms with Gasteiger partial charge in [-0.15, -0.1) is 0 Å². The van der Waals surface area contributed by atoms with E-state index < -0.39 is 11.6 Å². The van der Waals surface area contributed by atoms with E-state index in [4.69, 9.17) is 5.73 Å². The standard InChI is InChI=1S/C14H10BrF2N3/c1-7-4-9(2-3-10(7)15)20-12-6-8(16)5-11(17)13(12)19-14(20)18/h2-6H,1H3,(H2,18,19). The third-order valence-corrected chi connectivity index (χ3v) is 3.99. The number of benzene rings is 2. The van der Waals surface area contributed by atoms with Crippen LogP contribution in [-0.2, 0) is 0 Å². The van der Waals surface area contributed by atoms with Crippen molar-refractivity contribution in [3.8, 4) is 5.69 Å². The van der Waals surface area contributed by atoms with E-state index in [-0.39, 0.29) is 11.5 Å². The van der Waals surface area contributed by atoms with Gasteiger partial charge >= 0.3 is 0 Å². The van der Waals surface area contributed by atoms with Crippen molar-refractivity contribution in [2.75, 3.05) is 5.73 Å². The molecule has 0 aliphatic heterocycles. The molecule has 3 rings (SSSR count). The Balaban J connectivity index is 2.35. The molecule has 3 nitrogen and oxygen atoms in total. The summed E-state index contributed by atoms with van der Waals surface area (Å²) in [7, 11) is 0. The smallest absolute Gasteiger partial charge is 0.206 e. The van der Waals surface area contributed by atoms with Crippen molar-refractivity contribution in [1.82, 2.24) is 9.55 Å². The molecule has 1 heterocycles. The number of nitrogens with zero attached hydrogens (tertiary/aromatic N) is 2. The molecule has 0 aliphatic rings. The van der Waals surface area contributed by atoms with E-state index in [2.05, 4.69) is 20.9 Å². The van der Waals surface area contributed by atoms with Gasteiger partial charge in [-0.2, -0.15) is 0 Å². The van der Waals surface area contributed by atoms with E-state index in [9.17, 15) is 8.78 Å². The minimum Gasteiger partial charge on any atom is -0.369 e. The summed E-state index contributed by atoms with van der Waals surface area (Å²) in [5.74, 6) is -1.27. The summed E-state index contributed by atoms with van der Waals surface area (Å²) in [4.78, 5) is 3.97. The molecule has 20 heavy (non-hydrogen) atoms. The molecule has 0 spiro atoms. The van der Waals surface area contributed by atoms with Gasteiger partial charge in [0, 0.05) is 22.3 Å². The Labute approximate surface area is 122 Å². The minimum atomic E-state index is -0.723. The van der Waals surface area contributed by atoms with Gasteiger partial charge in [-0.05, 0) is 30.7 Å². The van der Waals surface area contributed by atoms with Gasteiger partial charge in [0.1, 0.15) is 11.3 Å². The number of nitrogens with two attached hydrogens (primary N) is 1. The lowest BCUT2D eigenvalue weighted by molar-refractivity contribution is 0.590. The first kappa shape index (κ1) is 13.1. The summed E-state index contributed by atoms with van der Waals surface area (Å²) in [6, 6.07) is 7.54. The zero-order chi connectivity index (χ0) is 14.4. The molecule has 1 aromatic heterocycles. The van der Waals surface area contributed by atoms with Crippen LogP contribution in [0.2, 0.25) is 0 Å². The first-order chi connectivity index (χ1) is 9.47. The number of halogens is 3. The van der Waals surface area contributed by atoms with Crippen LogP contribution in [0.5, 0.6) is 0 Å². The van der Waals surface area contributed by atoms with E-state index >= 15 is 0 Å². The van der Waals surface area contributed by atoms with Crippen LogP contribution in [-0.4, -0.2) is 9.55 Å². The summed E-state index contributed by atoms with van der Waals surface area (Å²) >= 11 is 3.41. The quantitative estimate of drug-likeness (QED) is 0.730. The fraction of sp³-hybridized carbons (Fsp3) is 0.0714. The van der Waals surface area contributed by atoms with Crippen molar-refractivity contribution in [1.29, 1.82) is 0 Å². The number of fused-ring (bicyclic) bond motifs is 1. The highest BCUT2D eigenvalue weighted by atomic mass is 79.9. The summed E-state index contributed by atoms with van der Waals surface area (Å²) in [5.41, 5.74) is 7.90. The normalized spacial score (nSPS) is 11.2. The van der Waals surface area contributed by atoms with Crippen molar-refractivity contribution in [3.63, 3.8) is 0 Å². The van der Waals surface area contributed by atoms with Crippen LogP contribution >= 0.6 is 15.9 Å². The highest BCUT2D eigenvalue weighted by molar-refractivity contribution is 9.10. The number of hydrogen-bond donors (Lipinski definition) is 1. The number of rotatable bonds is 1. The maximum Gasteiger partial charge on any atom is 0.206 e. The zero-order valence-electron chi connectivity index (χ0n) is 10.5. The lowest BCUT2D eigenvalue weighted by atomic mass is 10.2. The number of imidazole rings is 1. The molecule has 0 unspecified atom stereocenters. The molecule has 102 valence electrons. The third-order valence-electron chi connectivity index (χ3n) is 3.10. The van der Waals surface area contributed by atoms with Crippen molar-refractivity contribution in [2.24, 2.45) is 0 Å². The monoisotopic (exact) mass is 337 g/mol. The van der Waals surface area contributed by atoms with Gasteiger partial charge in [-0.25, -0.2) is 13.8 Å². The minimum absolute atomic E-state index is 0.0597. The molecule has 6 heteroatoms. The van der Waals surface area contributed by atoms with Gasteiger partial charge in [0.2, 0.25) is 5.95 Å². The van der Waals surface area contributed by atoms with Crippen molar-refractivity contribution in [3.05, 3.63) is 52.0 Å². The lowest BCUT2D eigenvalue weighted by Gasteiger charge is -2.08. The first-order valence-corrected chi connectivity index (χ1v) is 6.66. The highest BCUT2D eigenvalue weighted by Gasteiger charge is 2.15. The SMILES string of the molecule is Cc1cc(-n2c(N)nc3c(F)cc(F)cc32)ccc1Br. The van der Waals surface area contributed by atoms with E-state index in [1.54, 1.807) is 6.07 Å². The maximum absolute atomic E-state index is 13.7. The van der Waals surface area contributed by atoms with Crippen LogP contribution in [0.3, 0.4) is 0 Å². The number of nitrogen functional groups attached to an aromatic ring is 1. The molecule has 0 radical (unpaired) electrons. The maximum atomic E-state index is 13.7. The highest BCUT2D eigenvalue weighted by Crippen LogP contribution is 2.28. The Morgan fingerprint density at radius 1 is 1.20 bits per heavy atom. The molecular formula is C14H10BrF2N3. The van der Waals surface area contributed by atoms with Gasteiger partial charge in [0.15, 0.2) is 5.82 Å². The number of aryl methyl sites for hydroxylation is 1. The van der Waals surface area contributed by atoms with Crippen LogP contribution in [0.25, 0.3) is 16.7 Å². The van der Waals surface area contributed by atoms with Crippen LogP contribution in [0.1, 0.15) is 5.56 Å². The predicted octanol–water partition coefficient (Wildman–Crippen LogP) is 3.96. The Kier molecular flexibility index (Phi) is 2.97. The van der Waals surface area contributed by atoms with Crippen LogP contribution < -0.4 is 5.73 Å². The predicted molar refractivity (Wildman–Crippen MR) is 77.8 cm³/mol. The second-order valence-corrected chi connectivity index (χ2v) is 5.35. The van der Waals surface area contributed by atoms with E-state index in [1.165, 1.54) is 10.6 Å². The van der Waals surface area contributed by atoms with Crippen LogP contribution in [0.4, 0.5) is 14.7 Å². The van der Waals surface area contributed by atoms with Gasteiger partial charge in [-0.3, -0.25) is 4.57 Å². The topological polar surface area (TPSA) is 43.8 Å². The Bertz CT molecular complexity index is 827. The molecule has 0 bridgehead atoms. The molecule has 0 saturated heterocycles. The summed E-state index contributed by atoms with van der Waals surface area (Å²) in [6.07, 6.45) is 0. The Morgan fingerprint density at radius 2 is 1.95 bits per heavy atom. The fourth-order valence-electron chi connectivity index (χ4n) is 2.16. The van der Waals surface area contributed by atoms with Crippen molar-refractivity contribution in [2.45, 2.75) is 6.92 Å². The average molecular weight is 338 g/mol. The largest absolute Gasteiger partial charge is 0.369 e. The Morgan fingerprint density at radius 3 is 2.65 bits per heavy atom. The number of anilines is 1. The van der Waals surface area contributed by atoms with E-state index in [1.807, 2.05) is 19.1 Å². The molecule has 0 atom stereocenters. The second-order valence-electron chi connectivity index (χ2n) is 4.49. The zero-order valence-corrected chi connectivity index (χ0v) is 12.1. The van der Waals surface area contributed by atoms with Crippen molar-refractivity contribution < 1.29 is 8.78 Å². The van der Waals surface area contributed by atoms with E-state index in [0.717, 1.165) is 16.1 Å². The van der Waals surface area contributed by atoms with Gasteiger partial charge in [0.25, 0.3) is 0 Å². The summed E-state index contributed by atoms with van der Waals surface area (Å²) < 4.78 is 29.6. The molecule has 3 aromatic rings. The summed E-state index contributed by atoms with van der Waals surface area (Å²) in [6.45, 7) is 1.92. The lowest BCUT2D eigenvalue weighted by Crippen LogP contribution is -2.01. The second kappa shape index (κ2) is 4.56. The summed E-state index contributed by atoms with van der Waals surface area (Å²) in [5, 5.41) is 0. The first-order valence-electron chi connectivity index (χ1n) is 5.87. The molecular weight excluding hydrogens is 328 g/mol. The van der Waals surface area contributed by atoms with Crippen molar-refractivity contribution >= 4 is 32.9 Å². The third kappa shape index (κ3) is 1.96. The van der Waals surface area contributed by atoms with Gasteiger partial charge in [-0.1, -0.05) is 15.9 Å². The molecule has 0 amide bonds. The molecule has 0 fully saturated rings. The van der Waals surface area contributed by atoms with Gasteiger partial charge < -0.3 is 5.73 Å². The average Bonchev–Trinajstić information content (AvgIpc) is 2.70. The molecule has 2 N–H and O–H groups in total. The van der Waals surface area contributed by atoms with E-state index in [0.29, 0.717) is 11.2 Å². The Hall–Kier alpha value is -1.95. The molecule has 0 saturated carbocycles. The van der Waals surface area contributed by atoms with Crippen LogP contribution in [0, 0.1) is 18.6 Å².